The summed E-state index contributed by atoms with van der Waals surface area (Å²) in [6, 6.07) is -5.15. The van der Waals surface area contributed by atoms with Crippen LogP contribution in [0.5, 0.6) is 0 Å². The number of oxazole rings is 1. The van der Waals surface area contributed by atoms with Crippen LogP contribution in [-0.4, -0.2) is 148 Å². The Morgan fingerprint density at radius 3 is 1.68 bits per heavy atom. The van der Waals surface area contributed by atoms with Crippen LogP contribution < -0.4 is 47.9 Å². The summed E-state index contributed by atoms with van der Waals surface area (Å²) in [6.07, 6.45) is 5.72. The molecule has 0 saturated heterocycles. The molecule has 0 aliphatic carbocycles. The topological polar surface area (TPSA) is 311 Å². The third-order valence-electron chi connectivity index (χ3n) is 11.7. The van der Waals surface area contributed by atoms with E-state index in [2.05, 4.69) is 59.8 Å². The first-order chi connectivity index (χ1) is 33.7. The van der Waals surface area contributed by atoms with Gasteiger partial charge in [-0.1, -0.05) is 73.1 Å². The highest BCUT2D eigenvalue weighted by Gasteiger charge is 2.41. The molecule has 0 fully saturated rings. The number of aliphatic hydroxyl groups excluding tert-OH is 1. The highest BCUT2D eigenvalue weighted by molar-refractivity contribution is 6.00. The highest BCUT2D eigenvalue weighted by Crippen LogP contribution is 2.16. The summed E-state index contributed by atoms with van der Waals surface area (Å²) >= 11 is 0. The summed E-state index contributed by atoms with van der Waals surface area (Å²) in [7, 11) is 3.78. The van der Waals surface area contributed by atoms with Gasteiger partial charge in [0, 0.05) is 32.5 Å². The fraction of sp³-hybridized carbons (Fsp3) is 0.765. The van der Waals surface area contributed by atoms with Crippen LogP contribution in [0.15, 0.2) is 10.7 Å². The molecule has 10 N–H and O–H groups in total. The van der Waals surface area contributed by atoms with E-state index in [0.717, 1.165) is 32.1 Å². The molecule has 0 aliphatic heterocycles. The van der Waals surface area contributed by atoms with E-state index in [1.807, 2.05) is 53.6 Å². The zero-order valence-electron chi connectivity index (χ0n) is 46.6. The van der Waals surface area contributed by atoms with Gasteiger partial charge in [0.25, 0.3) is 5.91 Å². The number of aliphatic hydroxyl groups is 1. The van der Waals surface area contributed by atoms with E-state index in [9.17, 15) is 48.3 Å². The molecule has 0 aliphatic rings. The van der Waals surface area contributed by atoms with E-state index in [0.29, 0.717) is 13.0 Å². The number of carbonyl (C=O) groups excluding carboxylic acids is 9. The molecule has 6 unspecified atom stereocenters. The zero-order chi connectivity index (χ0) is 56.0. The Labute approximate surface area is 433 Å². The van der Waals surface area contributed by atoms with Crippen LogP contribution in [0.3, 0.4) is 0 Å². The number of carbonyl (C=O) groups is 9. The van der Waals surface area contributed by atoms with Crippen molar-refractivity contribution in [3.63, 3.8) is 0 Å². The normalized spacial score (nSPS) is 14.5. The Bertz CT molecular complexity index is 2000. The number of aryl methyl sites for hydroxylation is 1. The molecule has 0 radical (unpaired) electrons. The van der Waals surface area contributed by atoms with Gasteiger partial charge in [-0.15, -0.1) is 0 Å². The predicted octanol–water partition coefficient (Wildman–Crippen LogP) is 2.02. The number of hydrogen-bond acceptors (Lipinski definition) is 13. The Balaban J connectivity index is 3.15. The van der Waals surface area contributed by atoms with Crippen molar-refractivity contribution in [2.45, 2.75) is 214 Å². The molecule has 416 valence electrons. The van der Waals surface area contributed by atoms with Crippen molar-refractivity contribution in [2.24, 2.45) is 11.8 Å². The van der Waals surface area contributed by atoms with Crippen molar-refractivity contribution in [3.05, 3.63) is 17.8 Å². The minimum absolute atomic E-state index is 0.0243. The fourth-order valence-corrected chi connectivity index (χ4v) is 7.62. The monoisotopic (exact) mass is 1030 g/mol. The number of nitrogens with one attached hydrogen (secondary N) is 9. The lowest BCUT2D eigenvalue weighted by Gasteiger charge is -2.34. The van der Waals surface area contributed by atoms with Crippen LogP contribution in [0.2, 0.25) is 0 Å². The third-order valence-corrected chi connectivity index (χ3v) is 11.7. The molecule has 0 saturated carbocycles. The molecule has 1 rings (SSSR count). The molecule has 1 aromatic heterocycles. The quantitative estimate of drug-likeness (QED) is 0.0452. The Kier molecular flexibility index (Phi) is 27.3. The van der Waals surface area contributed by atoms with E-state index >= 15 is 0 Å². The summed E-state index contributed by atoms with van der Waals surface area (Å²) in [5, 5.41) is 34.9. The van der Waals surface area contributed by atoms with Gasteiger partial charge in [0.2, 0.25) is 47.3 Å². The van der Waals surface area contributed by atoms with Gasteiger partial charge in [0.15, 0.2) is 11.6 Å². The molecule has 1 aromatic rings. The number of likely N-dealkylation sites (N-methyl/N-ethyl adjacent to an activating group) is 1. The van der Waals surface area contributed by atoms with E-state index < -0.39 is 94.1 Å². The molecule has 73 heavy (non-hydrogen) atoms. The largest absolute Gasteiger partial charge is 0.448 e. The van der Waals surface area contributed by atoms with Gasteiger partial charge in [0.1, 0.15) is 47.0 Å². The van der Waals surface area contributed by atoms with Crippen molar-refractivity contribution >= 4 is 53.2 Å². The molecule has 0 spiro atoms. The van der Waals surface area contributed by atoms with Crippen molar-refractivity contribution < 1.29 is 52.7 Å². The standard InChI is InChI=1S/C51H91N11O11/c1-17-18-19-20-21-22-23-35(55-43(67)38-29-73-34(8)54-38)41(65)58-40(33(7)63)45(69)60-50(11,12)47(71)57-36(26-30(2)3)42(66)56-37(27-31(4)5)44(68)59-51(13,14)48(72)61-49(9,10)46(70)52-25-24-39(64)53-32(6)28-62(15)16/h29-33,35-37,40,63H,17-28H2,1-16H3,(H,52,70)(H,53,64)(H,55,67)(H,56,66)(H,57,71)(H,58,65)(H,59,68)(H,60,69)(H,61,72). The first kappa shape index (κ1) is 65.4. The number of unbranched alkanes of at least 4 members (excludes halogenated alkanes) is 5. The summed E-state index contributed by atoms with van der Waals surface area (Å²) in [6.45, 7) is 23.5. The smallest absolute Gasteiger partial charge is 0.273 e. The average molecular weight is 1030 g/mol. The summed E-state index contributed by atoms with van der Waals surface area (Å²) in [5.41, 5.74) is -4.80. The Hall–Kier alpha value is -5.64. The highest BCUT2D eigenvalue weighted by atomic mass is 16.3. The van der Waals surface area contributed by atoms with Crippen LogP contribution in [0, 0.1) is 18.8 Å². The third kappa shape index (κ3) is 24.3. The van der Waals surface area contributed by atoms with E-state index in [4.69, 9.17) is 4.42 Å². The van der Waals surface area contributed by atoms with Gasteiger partial charge >= 0.3 is 0 Å². The molecule has 1 heterocycles. The number of nitrogens with zero attached hydrogens (tertiary/aromatic N) is 2. The second-order valence-corrected chi connectivity index (χ2v) is 22.0. The van der Waals surface area contributed by atoms with Crippen molar-refractivity contribution in [1.82, 2.24) is 57.7 Å². The summed E-state index contributed by atoms with van der Waals surface area (Å²) in [5.74, 6) is -6.02. The second kappa shape index (κ2) is 30.5. The summed E-state index contributed by atoms with van der Waals surface area (Å²) in [4.78, 5) is 128. The van der Waals surface area contributed by atoms with E-state index in [1.165, 1.54) is 54.7 Å². The fourth-order valence-electron chi connectivity index (χ4n) is 7.62. The molecular formula is C51H91N11O11. The van der Waals surface area contributed by atoms with Gasteiger partial charge in [-0.2, -0.15) is 0 Å². The van der Waals surface area contributed by atoms with Crippen LogP contribution >= 0.6 is 0 Å². The predicted molar refractivity (Wildman–Crippen MR) is 277 cm³/mol. The van der Waals surface area contributed by atoms with Gasteiger partial charge in [-0.3, -0.25) is 43.2 Å². The van der Waals surface area contributed by atoms with Gasteiger partial charge in [-0.05, 0) is 101 Å². The van der Waals surface area contributed by atoms with Crippen LogP contribution in [0.1, 0.15) is 171 Å². The average Bonchev–Trinajstić information content (AvgIpc) is 3.70. The molecule has 0 bridgehead atoms. The number of aromatic nitrogens is 1. The van der Waals surface area contributed by atoms with Gasteiger partial charge in [0.05, 0.1) is 6.10 Å². The maximum Gasteiger partial charge on any atom is 0.273 e. The Morgan fingerprint density at radius 2 is 1.15 bits per heavy atom. The second-order valence-electron chi connectivity index (χ2n) is 22.0. The van der Waals surface area contributed by atoms with Crippen molar-refractivity contribution in [2.75, 3.05) is 27.2 Å². The zero-order valence-corrected chi connectivity index (χ0v) is 46.6. The van der Waals surface area contributed by atoms with Gasteiger partial charge < -0.3 is 62.3 Å². The van der Waals surface area contributed by atoms with Crippen LogP contribution in [-0.2, 0) is 38.4 Å². The molecule has 6 atom stereocenters. The lowest BCUT2D eigenvalue weighted by atomic mass is 9.96. The first-order valence-corrected chi connectivity index (χ1v) is 25.7. The minimum atomic E-state index is -1.72. The minimum Gasteiger partial charge on any atom is -0.448 e. The molecule has 22 nitrogen and oxygen atoms in total. The van der Waals surface area contributed by atoms with E-state index in [1.54, 1.807) is 6.92 Å². The maximum atomic E-state index is 14.1. The number of rotatable bonds is 33. The van der Waals surface area contributed by atoms with Gasteiger partial charge in [-0.25, -0.2) is 4.98 Å². The SMILES string of the molecule is CCCCCCCCC(NC(=O)c1coc(C)n1)C(=O)NC(C(=O)NC(C)(C)C(=O)NC(CC(C)C)C(=O)NC(CC(C)C)C(=O)NC(C)(C)C(=O)NC(C)(C)C(=O)NCCC(=O)NC(C)CN(C)C)C(C)O. The summed E-state index contributed by atoms with van der Waals surface area (Å²) < 4.78 is 5.16. The molecule has 22 heteroatoms. The number of hydrogen-bond donors (Lipinski definition) is 10. The number of amides is 9. The lowest BCUT2D eigenvalue weighted by molar-refractivity contribution is -0.139. The van der Waals surface area contributed by atoms with Crippen molar-refractivity contribution in [1.29, 1.82) is 0 Å². The van der Waals surface area contributed by atoms with E-state index in [-0.39, 0.29) is 67.6 Å². The molecular weight excluding hydrogens is 943 g/mol. The maximum absolute atomic E-state index is 14.1. The lowest BCUT2D eigenvalue weighted by Crippen LogP contribution is -2.65. The molecule has 9 amide bonds. The van der Waals surface area contributed by atoms with Crippen LogP contribution in [0.4, 0.5) is 0 Å². The Morgan fingerprint density at radius 1 is 0.630 bits per heavy atom. The van der Waals surface area contributed by atoms with Crippen LogP contribution in [0.25, 0.3) is 0 Å². The van der Waals surface area contributed by atoms with Crippen molar-refractivity contribution in [3.8, 4) is 0 Å². The molecule has 0 aromatic carbocycles. The first-order valence-electron chi connectivity index (χ1n) is 25.7.